The van der Waals surface area contributed by atoms with E-state index >= 15 is 0 Å². The first-order chi connectivity index (χ1) is 7.90. The van der Waals surface area contributed by atoms with Crippen molar-refractivity contribution in [3.63, 3.8) is 0 Å². The quantitative estimate of drug-likeness (QED) is 0.848. The van der Waals surface area contributed by atoms with E-state index in [2.05, 4.69) is 37.8 Å². The molecule has 0 fully saturated rings. The van der Waals surface area contributed by atoms with E-state index in [-0.39, 0.29) is 5.92 Å². The monoisotopic (exact) mass is 235 g/mol. The number of aryl methyl sites for hydroxylation is 1. The number of hydrogen-bond donors (Lipinski definition) is 1. The molecule has 96 valence electrons. The van der Waals surface area contributed by atoms with E-state index in [0.29, 0.717) is 0 Å². The van der Waals surface area contributed by atoms with Gasteiger partial charge in [-0.3, -0.25) is 0 Å². The van der Waals surface area contributed by atoms with Crippen molar-refractivity contribution in [3.05, 3.63) is 35.4 Å². The average Bonchev–Trinajstić information content (AvgIpc) is 2.27. The van der Waals surface area contributed by atoms with E-state index in [1.165, 1.54) is 5.56 Å². The lowest BCUT2D eigenvalue weighted by Gasteiger charge is -2.35. The number of benzene rings is 1. The minimum Gasteiger partial charge on any atom is -0.385 e. The molecule has 0 amide bonds. The molecular formula is C15H25NO. The van der Waals surface area contributed by atoms with Crippen LogP contribution < -0.4 is 0 Å². The minimum absolute atomic E-state index is 0.212. The first kappa shape index (κ1) is 14.2. The van der Waals surface area contributed by atoms with Crippen LogP contribution in [0.1, 0.15) is 31.4 Å². The zero-order chi connectivity index (χ0) is 13.1. The van der Waals surface area contributed by atoms with Crippen molar-refractivity contribution in [2.75, 3.05) is 20.6 Å². The predicted octanol–water partition coefficient (Wildman–Crippen LogP) is 2.79. The smallest absolute Gasteiger partial charge is 0.0931 e. The van der Waals surface area contributed by atoms with Crippen molar-refractivity contribution in [2.45, 2.75) is 32.8 Å². The summed E-state index contributed by atoms with van der Waals surface area (Å²) < 4.78 is 0. The maximum absolute atomic E-state index is 10.9. The zero-order valence-corrected chi connectivity index (χ0v) is 11.7. The fraction of sp³-hybridized carbons (Fsp3) is 0.600. The Morgan fingerprint density at radius 1 is 1.35 bits per heavy atom. The van der Waals surface area contributed by atoms with Crippen molar-refractivity contribution < 1.29 is 5.11 Å². The van der Waals surface area contributed by atoms with Gasteiger partial charge in [0.2, 0.25) is 0 Å². The summed E-state index contributed by atoms with van der Waals surface area (Å²) in [5.41, 5.74) is 1.51. The van der Waals surface area contributed by atoms with Crippen LogP contribution in [0.5, 0.6) is 0 Å². The number of hydrogen-bond acceptors (Lipinski definition) is 2. The summed E-state index contributed by atoms with van der Waals surface area (Å²) in [4.78, 5) is 2.13. The highest BCUT2D eigenvalue weighted by molar-refractivity contribution is 5.28. The normalized spacial score (nSPS) is 16.9. The van der Waals surface area contributed by atoms with Gasteiger partial charge in [-0.05, 0) is 33.0 Å². The molecule has 0 aromatic heterocycles. The molecule has 1 aromatic carbocycles. The Morgan fingerprint density at radius 2 is 2.00 bits per heavy atom. The Hall–Kier alpha value is -0.860. The van der Waals surface area contributed by atoms with E-state index in [0.717, 1.165) is 18.5 Å². The highest BCUT2D eigenvalue weighted by atomic mass is 16.3. The molecule has 0 saturated heterocycles. The Morgan fingerprint density at radius 3 is 2.47 bits per heavy atom. The Bertz CT molecular complexity index is 362. The molecule has 0 aliphatic rings. The van der Waals surface area contributed by atoms with Crippen LogP contribution in [0.15, 0.2) is 24.3 Å². The lowest BCUT2D eigenvalue weighted by Crippen LogP contribution is -2.38. The van der Waals surface area contributed by atoms with Gasteiger partial charge in [-0.15, -0.1) is 0 Å². The number of rotatable bonds is 5. The molecule has 1 rings (SSSR count). The van der Waals surface area contributed by atoms with Gasteiger partial charge < -0.3 is 10.0 Å². The van der Waals surface area contributed by atoms with Crippen LogP contribution in [0.2, 0.25) is 0 Å². The SMILES string of the molecule is CC[C@](O)(c1cccc(C)c1)[C@@H](C)CN(C)C. The largest absolute Gasteiger partial charge is 0.385 e. The molecule has 17 heavy (non-hydrogen) atoms. The van der Waals surface area contributed by atoms with Gasteiger partial charge in [0.1, 0.15) is 0 Å². The molecule has 0 heterocycles. The molecule has 1 N–H and O–H groups in total. The van der Waals surface area contributed by atoms with Crippen LogP contribution in [0, 0.1) is 12.8 Å². The first-order valence-corrected chi connectivity index (χ1v) is 6.34. The van der Waals surface area contributed by atoms with Gasteiger partial charge in [-0.25, -0.2) is 0 Å². The van der Waals surface area contributed by atoms with Crippen LogP contribution in [-0.2, 0) is 5.60 Å². The van der Waals surface area contributed by atoms with E-state index in [1.807, 2.05) is 26.2 Å². The maximum atomic E-state index is 10.9. The summed E-state index contributed by atoms with van der Waals surface area (Å²) in [5.74, 6) is 0.212. The van der Waals surface area contributed by atoms with Gasteiger partial charge in [-0.2, -0.15) is 0 Å². The molecule has 0 aliphatic heterocycles. The second-order valence-corrected chi connectivity index (χ2v) is 5.31. The highest BCUT2D eigenvalue weighted by Crippen LogP contribution is 2.33. The van der Waals surface area contributed by atoms with Gasteiger partial charge in [0.05, 0.1) is 5.60 Å². The standard InChI is InChI=1S/C15H25NO/c1-6-15(17,13(3)11-16(4)5)14-9-7-8-12(2)10-14/h7-10,13,17H,6,11H2,1-5H3/t13-,15+/m0/s1. The zero-order valence-electron chi connectivity index (χ0n) is 11.7. The summed E-state index contributed by atoms with van der Waals surface area (Å²) in [5, 5.41) is 10.9. The summed E-state index contributed by atoms with van der Waals surface area (Å²) in [6.07, 6.45) is 0.742. The Balaban J connectivity index is 3.02. The lowest BCUT2D eigenvalue weighted by molar-refractivity contribution is -0.0292. The molecule has 0 radical (unpaired) electrons. The minimum atomic E-state index is -0.726. The van der Waals surface area contributed by atoms with Gasteiger partial charge >= 0.3 is 0 Å². The molecule has 2 atom stereocenters. The fourth-order valence-corrected chi connectivity index (χ4v) is 2.45. The summed E-state index contributed by atoms with van der Waals surface area (Å²) in [6.45, 7) is 7.12. The van der Waals surface area contributed by atoms with Gasteiger partial charge in [-0.1, -0.05) is 43.7 Å². The third-order valence-electron chi connectivity index (χ3n) is 3.51. The summed E-state index contributed by atoms with van der Waals surface area (Å²) in [6, 6.07) is 8.21. The third kappa shape index (κ3) is 3.30. The van der Waals surface area contributed by atoms with Crippen LogP contribution in [0.25, 0.3) is 0 Å². The molecule has 1 aromatic rings. The van der Waals surface area contributed by atoms with E-state index in [1.54, 1.807) is 0 Å². The second kappa shape index (κ2) is 5.65. The summed E-state index contributed by atoms with van der Waals surface area (Å²) >= 11 is 0. The molecule has 2 heteroatoms. The van der Waals surface area contributed by atoms with Crippen LogP contribution in [-0.4, -0.2) is 30.6 Å². The Labute approximate surface area is 105 Å². The maximum Gasteiger partial charge on any atom is 0.0931 e. The second-order valence-electron chi connectivity index (χ2n) is 5.31. The lowest BCUT2D eigenvalue weighted by atomic mass is 9.79. The highest BCUT2D eigenvalue weighted by Gasteiger charge is 2.33. The molecule has 0 spiro atoms. The van der Waals surface area contributed by atoms with Gasteiger partial charge in [0, 0.05) is 12.5 Å². The summed E-state index contributed by atoms with van der Waals surface area (Å²) in [7, 11) is 4.09. The predicted molar refractivity (Wildman–Crippen MR) is 73.1 cm³/mol. The van der Waals surface area contributed by atoms with E-state index in [4.69, 9.17) is 0 Å². The van der Waals surface area contributed by atoms with E-state index in [9.17, 15) is 5.11 Å². The van der Waals surface area contributed by atoms with Crippen molar-refractivity contribution in [1.82, 2.24) is 4.90 Å². The van der Waals surface area contributed by atoms with Crippen LogP contribution in [0.4, 0.5) is 0 Å². The third-order valence-corrected chi connectivity index (χ3v) is 3.51. The molecule has 0 bridgehead atoms. The molecular weight excluding hydrogens is 210 g/mol. The molecule has 0 aliphatic carbocycles. The van der Waals surface area contributed by atoms with Crippen molar-refractivity contribution in [2.24, 2.45) is 5.92 Å². The van der Waals surface area contributed by atoms with Crippen molar-refractivity contribution in [3.8, 4) is 0 Å². The average molecular weight is 235 g/mol. The topological polar surface area (TPSA) is 23.5 Å². The van der Waals surface area contributed by atoms with Crippen molar-refractivity contribution >= 4 is 0 Å². The Kier molecular flexibility index (Phi) is 4.72. The first-order valence-electron chi connectivity index (χ1n) is 6.34. The molecule has 0 unspecified atom stereocenters. The van der Waals surface area contributed by atoms with Gasteiger partial charge in [0.25, 0.3) is 0 Å². The van der Waals surface area contributed by atoms with Crippen LogP contribution in [0.3, 0.4) is 0 Å². The van der Waals surface area contributed by atoms with E-state index < -0.39 is 5.60 Å². The van der Waals surface area contributed by atoms with Crippen LogP contribution >= 0.6 is 0 Å². The molecule has 2 nitrogen and oxygen atoms in total. The fourth-order valence-electron chi connectivity index (χ4n) is 2.45. The number of aliphatic hydroxyl groups is 1. The van der Waals surface area contributed by atoms with Crippen molar-refractivity contribution in [1.29, 1.82) is 0 Å². The molecule has 0 saturated carbocycles. The van der Waals surface area contributed by atoms with Gasteiger partial charge in [0.15, 0.2) is 0 Å². The number of nitrogens with zero attached hydrogens (tertiary/aromatic N) is 1.